The largest absolute Gasteiger partial charge is 0.306 e. The maximum absolute atomic E-state index is 13.8. The summed E-state index contributed by atoms with van der Waals surface area (Å²) in [5, 5.41) is 7.66. The summed E-state index contributed by atoms with van der Waals surface area (Å²) in [5.74, 6) is -0.165. The van der Waals surface area contributed by atoms with E-state index in [1.807, 2.05) is 43.9 Å². The third kappa shape index (κ3) is 2.68. The van der Waals surface area contributed by atoms with E-state index in [2.05, 4.69) is 10.4 Å². The van der Waals surface area contributed by atoms with Crippen LogP contribution in [0, 0.1) is 19.7 Å². The second-order valence-corrected chi connectivity index (χ2v) is 4.81. The van der Waals surface area contributed by atoms with Crippen LogP contribution in [0.2, 0.25) is 0 Å². The molecule has 2 aromatic rings. The predicted octanol–water partition coefficient (Wildman–Crippen LogP) is 2.87. The fourth-order valence-corrected chi connectivity index (χ4v) is 2.20. The number of benzene rings is 1. The third-order valence-electron chi connectivity index (χ3n) is 3.52. The molecule has 0 aliphatic carbocycles. The molecule has 0 bridgehead atoms. The number of nitrogens with zero attached hydrogens (tertiary/aromatic N) is 2. The van der Waals surface area contributed by atoms with Gasteiger partial charge >= 0.3 is 0 Å². The van der Waals surface area contributed by atoms with Gasteiger partial charge in [0.2, 0.25) is 0 Å². The molecule has 19 heavy (non-hydrogen) atoms. The maximum Gasteiger partial charge on any atom is 0.126 e. The van der Waals surface area contributed by atoms with Gasteiger partial charge in [-0.05, 0) is 37.6 Å². The Morgan fingerprint density at radius 3 is 2.63 bits per heavy atom. The van der Waals surface area contributed by atoms with Gasteiger partial charge in [0.15, 0.2) is 0 Å². The predicted molar refractivity (Wildman–Crippen MR) is 74.6 cm³/mol. The molecule has 0 radical (unpaired) electrons. The van der Waals surface area contributed by atoms with Crippen LogP contribution in [0.4, 0.5) is 4.39 Å². The number of hydrogen-bond acceptors (Lipinski definition) is 2. The van der Waals surface area contributed by atoms with E-state index in [1.54, 1.807) is 13.0 Å². The van der Waals surface area contributed by atoms with Gasteiger partial charge in [-0.2, -0.15) is 5.10 Å². The average molecular weight is 261 g/mol. The Kier molecular flexibility index (Phi) is 4.00. The molecule has 2 rings (SSSR count). The van der Waals surface area contributed by atoms with Crippen LogP contribution in [0.25, 0.3) is 0 Å². The summed E-state index contributed by atoms with van der Waals surface area (Å²) in [4.78, 5) is 0. The molecule has 0 aliphatic heterocycles. The minimum Gasteiger partial charge on any atom is -0.306 e. The van der Waals surface area contributed by atoms with E-state index in [4.69, 9.17) is 0 Å². The molecule has 102 valence electrons. The van der Waals surface area contributed by atoms with Crippen molar-refractivity contribution >= 4 is 0 Å². The first kappa shape index (κ1) is 13.7. The Morgan fingerprint density at radius 2 is 2.11 bits per heavy atom. The van der Waals surface area contributed by atoms with Gasteiger partial charge in [0, 0.05) is 18.3 Å². The summed E-state index contributed by atoms with van der Waals surface area (Å²) in [6.07, 6.45) is 1.85. The van der Waals surface area contributed by atoms with Gasteiger partial charge in [-0.15, -0.1) is 0 Å². The van der Waals surface area contributed by atoms with Crippen molar-refractivity contribution in [1.29, 1.82) is 0 Å². The van der Waals surface area contributed by atoms with E-state index >= 15 is 0 Å². The quantitative estimate of drug-likeness (QED) is 0.917. The second kappa shape index (κ2) is 5.53. The minimum absolute atomic E-state index is 0.0196. The molecule has 0 saturated carbocycles. The lowest BCUT2D eigenvalue weighted by molar-refractivity contribution is 0.595. The Bertz CT molecular complexity index is 575. The Hall–Kier alpha value is -1.68. The lowest BCUT2D eigenvalue weighted by Crippen LogP contribution is -2.22. The van der Waals surface area contributed by atoms with Crippen molar-refractivity contribution in [2.75, 3.05) is 6.54 Å². The van der Waals surface area contributed by atoms with Crippen LogP contribution in [0.3, 0.4) is 0 Å². The zero-order valence-electron chi connectivity index (χ0n) is 11.9. The minimum atomic E-state index is -0.165. The van der Waals surface area contributed by atoms with E-state index in [0.717, 1.165) is 23.4 Å². The smallest absolute Gasteiger partial charge is 0.126 e. The summed E-state index contributed by atoms with van der Waals surface area (Å²) in [5.41, 5.74) is 3.78. The second-order valence-electron chi connectivity index (χ2n) is 4.81. The van der Waals surface area contributed by atoms with Crippen LogP contribution in [0.5, 0.6) is 0 Å². The molecular weight excluding hydrogens is 241 g/mol. The SMILES string of the molecule is CCNC(c1ccc(C)c(F)c1)c1cnn(C)c1C. The zero-order chi connectivity index (χ0) is 14.0. The van der Waals surface area contributed by atoms with Gasteiger partial charge in [-0.25, -0.2) is 4.39 Å². The Morgan fingerprint density at radius 1 is 1.37 bits per heavy atom. The zero-order valence-corrected chi connectivity index (χ0v) is 11.9. The number of nitrogens with one attached hydrogen (secondary N) is 1. The fourth-order valence-electron chi connectivity index (χ4n) is 2.20. The molecule has 1 N–H and O–H groups in total. The molecule has 0 fully saturated rings. The van der Waals surface area contributed by atoms with Gasteiger partial charge < -0.3 is 5.32 Å². The molecule has 1 heterocycles. The topological polar surface area (TPSA) is 29.9 Å². The van der Waals surface area contributed by atoms with Crippen molar-refractivity contribution in [2.45, 2.75) is 26.8 Å². The first-order chi connectivity index (χ1) is 9.04. The summed E-state index contributed by atoms with van der Waals surface area (Å²) in [6.45, 7) is 6.66. The molecule has 1 aromatic heterocycles. The third-order valence-corrected chi connectivity index (χ3v) is 3.52. The van der Waals surface area contributed by atoms with Crippen LogP contribution in [-0.4, -0.2) is 16.3 Å². The Balaban J connectivity index is 2.45. The maximum atomic E-state index is 13.8. The fraction of sp³-hybridized carbons (Fsp3) is 0.400. The van der Waals surface area contributed by atoms with Crippen LogP contribution in [-0.2, 0) is 7.05 Å². The van der Waals surface area contributed by atoms with Gasteiger partial charge in [-0.1, -0.05) is 19.1 Å². The molecule has 1 unspecified atom stereocenters. The van der Waals surface area contributed by atoms with E-state index in [-0.39, 0.29) is 11.9 Å². The molecule has 0 aliphatic rings. The van der Waals surface area contributed by atoms with Crippen molar-refractivity contribution in [1.82, 2.24) is 15.1 Å². The number of rotatable bonds is 4. The highest BCUT2D eigenvalue weighted by Gasteiger charge is 2.18. The van der Waals surface area contributed by atoms with Gasteiger partial charge in [-0.3, -0.25) is 4.68 Å². The van der Waals surface area contributed by atoms with E-state index in [1.165, 1.54) is 0 Å². The van der Waals surface area contributed by atoms with E-state index < -0.39 is 0 Å². The number of halogens is 1. The van der Waals surface area contributed by atoms with Gasteiger partial charge in [0.1, 0.15) is 5.82 Å². The molecule has 0 spiro atoms. The highest BCUT2D eigenvalue weighted by atomic mass is 19.1. The summed E-state index contributed by atoms with van der Waals surface area (Å²) in [6, 6.07) is 5.38. The lowest BCUT2D eigenvalue weighted by atomic mass is 9.98. The van der Waals surface area contributed by atoms with Crippen molar-refractivity contribution in [3.05, 3.63) is 52.6 Å². The molecule has 0 saturated heterocycles. The van der Waals surface area contributed by atoms with Crippen molar-refractivity contribution in [3.8, 4) is 0 Å². The number of hydrogen-bond donors (Lipinski definition) is 1. The van der Waals surface area contributed by atoms with Crippen LogP contribution in [0.1, 0.15) is 35.3 Å². The summed E-state index contributed by atoms with van der Waals surface area (Å²) >= 11 is 0. The first-order valence-electron chi connectivity index (χ1n) is 6.52. The van der Waals surface area contributed by atoms with Gasteiger partial charge in [0.05, 0.1) is 12.2 Å². The first-order valence-corrected chi connectivity index (χ1v) is 6.52. The number of aryl methyl sites for hydroxylation is 2. The molecular formula is C15H20FN3. The standard InChI is InChI=1S/C15H20FN3/c1-5-17-15(13-9-18-19(4)11(13)3)12-7-6-10(2)14(16)8-12/h6-9,15,17H,5H2,1-4H3. The molecule has 1 atom stereocenters. The van der Waals surface area contributed by atoms with Crippen molar-refractivity contribution < 1.29 is 4.39 Å². The number of aromatic nitrogens is 2. The summed E-state index contributed by atoms with van der Waals surface area (Å²) < 4.78 is 15.6. The van der Waals surface area contributed by atoms with Crippen LogP contribution >= 0.6 is 0 Å². The molecule has 1 aromatic carbocycles. The van der Waals surface area contributed by atoms with E-state index in [9.17, 15) is 4.39 Å². The van der Waals surface area contributed by atoms with Crippen molar-refractivity contribution in [3.63, 3.8) is 0 Å². The highest BCUT2D eigenvalue weighted by molar-refractivity contribution is 5.35. The van der Waals surface area contributed by atoms with Gasteiger partial charge in [0.25, 0.3) is 0 Å². The van der Waals surface area contributed by atoms with E-state index in [0.29, 0.717) is 5.56 Å². The lowest BCUT2D eigenvalue weighted by Gasteiger charge is -2.19. The monoisotopic (exact) mass is 261 g/mol. The normalized spacial score (nSPS) is 12.7. The molecule has 4 heteroatoms. The highest BCUT2D eigenvalue weighted by Crippen LogP contribution is 2.25. The van der Waals surface area contributed by atoms with Crippen LogP contribution in [0.15, 0.2) is 24.4 Å². The Labute approximate surface area is 113 Å². The van der Waals surface area contributed by atoms with Crippen molar-refractivity contribution in [2.24, 2.45) is 7.05 Å². The average Bonchev–Trinajstić information content (AvgIpc) is 2.71. The van der Waals surface area contributed by atoms with Crippen LogP contribution < -0.4 is 5.32 Å². The molecule has 3 nitrogen and oxygen atoms in total. The summed E-state index contributed by atoms with van der Waals surface area (Å²) in [7, 11) is 1.91. The molecule has 0 amide bonds.